The molecule has 1 amide bonds. The lowest BCUT2D eigenvalue weighted by molar-refractivity contribution is -0.274. The molecule has 1 aliphatic rings. The third kappa shape index (κ3) is 5.54. The van der Waals surface area contributed by atoms with Gasteiger partial charge in [-0.2, -0.15) is 4.31 Å². The minimum Gasteiger partial charge on any atom is -0.406 e. The molecule has 0 bridgehead atoms. The maximum atomic E-state index is 13.3. The molecule has 1 N–H and O–H groups in total. The van der Waals surface area contributed by atoms with Crippen molar-refractivity contribution in [3.63, 3.8) is 0 Å². The maximum Gasteiger partial charge on any atom is 0.573 e. The van der Waals surface area contributed by atoms with Crippen LogP contribution in [0.15, 0.2) is 46.0 Å². The van der Waals surface area contributed by atoms with Crippen LogP contribution >= 0.6 is 34.3 Å². The summed E-state index contributed by atoms with van der Waals surface area (Å²) in [6.45, 7) is 3.55. The summed E-state index contributed by atoms with van der Waals surface area (Å²) in [6, 6.07) is 7.73. The number of rotatable bonds is 7. The van der Waals surface area contributed by atoms with Gasteiger partial charge in [-0.25, -0.2) is 13.4 Å². The van der Waals surface area contributed by atoms with Gasteiger partial charge in [0, 0.05) is 17.5 Å². The summed E-state index contributed by atoms with van der Waals surface area (Å²) in [5.41, 5.74) is -0.168. The number of hydrogen-bond acceptors (Lipinski definition) is 7. The highest BCUT2D eigenvalue weighted by molar-refractivity contribution is 7.91. The Morgan fingerprint density at radius 1 is 1.25 bits per heavy atom. The number of carbonyl (C=O) groups excluding carboxylic acids is 1. The SMILES string of the molecule is C[C@H](NC(=O)[C@]1(C)CCCN1S(=O)(=O)c1ccc(Cl)s1)c1nc(-c2ccc(OC(F)(F)F)cc2)cs1. The van der Waals surface area contributed by atoms with Crippen LogP contribution in [0.25, 0.3) is 11.3 Å². The largest absolute Gasteiger partial charge is 0.573 e. The topological polar surface area (TPSA) is 88.6 Å². The van der Waals surface area contributed by atoms with Gasteiger partial charge in [0.05, 0.1) is 16.1 Å². The monoisotopic (exact) mass is 579 g/mol. The molecule has 0 aliphatic carbocycles. The first-order chi connectivity index (χ1) is 16.8. The zero-order valence-corrected chi connectivity index (χ0v) is 22.2. The molecule has 0 radical (unpaired) electrons. The number of aromatic nitrogens is 1. The minimum atomic E-state index is -4.77. The van der Waals surface area contributed by atoms with E-state index in [9.17, 15) is 26.4 Å². The van der Waals surface area contributed by atoms with E-state index in [0.717, 1.165) is 11.3 Å². The molecule has 2 atom stereocenters. The third-order valence-electron chi connectivity index (χ3n) is 5.78. The van der Waals surface area contributed by atoms with Crippen LogP contribution in [0.5, 0.6) is 5.75 Å². The molecule has 0 spiro atoms. The van der Waals surface area contributed by atoms with Crippen LogP contribution in [-0.4, -0.2) is 42.1 Å². The van der Waals surface area contributed by atoms with Crippen molar-refractivity contribution < 1.29 is 31.1 Å². The number of nitrogens with one attached hydrogen (secondary N) is 1. The van der Waals surface area contributed by atoms with Gasteiger partial charge in [-0.3, -0.25) is 4.79 Å². The van der Waals surface area contributed by atoms with Gasteiger partial charge in [0.15, 0.2) is 0 Å². The molecular formula is C22H21ClF3N3O4S3. The number of carbonyl (C=O) groups is 1. The molecule has 1 fully saturated rings. The molecule has 1 aliphatic heterocycles. The summed E-state index contributed by atoms with van der Waals surface area (Å²) in [5, 5.41) is 5.17. The molecule has 0 unspecified atom stereocenters. The van der Waals surface area contributed by atoms with Gasteiger partial charge in [-0.15, -0.1) is 35.8 Å². The molecule has 7 nitrogen and oxygen atoms in total. The highest BCUT2D eigenvalue weighted by Gasteiger charge is 2.50. The molecule has 1 aromatic carbocycles. The van der Waals surface area contributed by atoms with Gasteiger partial charge in [0.25, 0.3) is 10.0 Å². The second kappa shape index (κ2) is 9.93. The van der Waals surface area contributed by atoms with Gasteiger partial charge in [-0.05, 0) is 63.1 Å². The lowest BCUT2D eigenvalue weighted by Gasteiger charge is -2.33. The summed E-state index contributed by atoms with van der Waals surface area (Å²) in [7, 11) is -3.90. The zero-order valence-electron chi connectivity index (χ0n) is 19.0. The van der Waals surface area contributed by atoms with Crippen LogP contribution in [0, 0.1) is 0 Å². The molecule has 3 heterocycles. The molecule has 2 aromatic heterocycles. The number of halogens is 4. The van der Waals surface area contributed by atoms with Crippen LogP contribution in [0.4, 0.5) is 13.2 Å². The normalized spacial score (nSPS) is 19.8. The van der Waals surface area contributed by atoms with Crippen molar-refractivity contribution in [2.45, 2.75) is 48.8 Å². The smallest absolute Gasteiger partial charge is 0.406 e. The van der Waals surface area contributed by atoms with Gasteiger partial charge in [0.1, 0.15) is 20.5 Å². The summed E-state index contributed by atoms with van der Waals surface area (Å²) >= 11 is 8.14. The van der Waals surface area contributed by atoms with Crippen molar-refractivity contribution in [3.05, 3.63) is 51.1 Å². The number of sulfonamides is 1. The molecule has 4 rings (SSSR count). The first-order valence-corrected chi connectivity index (χ1v) is 14.2. The zero-order chi connectivity index (χ0) is 26.3. The van der Waals surface area contributed by atoms with Gasteiger partial charge < -0.3 is 10.1 Å². The fourth-order valence-electron chi connectivity index (χ4n) is 3.96. The first-order valence-electron chi connectivity index (χ1n) is 10.7. The molecule has 194 valence electrons. The summed E-state index contributed by atoms with van der Waals surface area (Å²) in [6.07, 6.45) is -3.88. The Bertz CT molecular complexity index is 1360. The van der Waals surface area contributed by atoms with Crippen LogP contribution in [-0.2, 0) is 14.8 Å². The maximum absolute atomic E-state index is 13.3. The molecular weight excluding hydrogens is 559 g/mol. The third-order valence-corrected chi connectivity index (χ3v) is 10.5. The second-order valence-electron chi connectivity index (χ2n) is 8.35. The van der Waals surface area contributed by atoms with Crippen molar-refractivity contribution in [2.24, 2.45) is 0 Å². The van der Waals surface area contributed by atoms with E-state index in [2.05, 4.69) is 15.0 Å². The van der Waals surface area contributed by atoms with E-state index in [-0.39, 0.29) is 16.5 Å². The van der Waals surface area contributed by atoms with Crippen LogP contribution in [0.2, 0.25) is 4.34 Å². The molecule has 0 saturated carbocycles. The van der Waals surface area contributed by atoms with Crippen molar-refractivity contribution in [3.8, 4) is 17.0 Å². The Morgan fingerprint density at radius 2 is 1.94 bits per heavy atom. The number of hydrogen-bond donors (Lipinski definition) is 1. The van der Waals surface area contributed by atoms with Crippen molar-refractivity contribution in [1.29, 1.82) is 0 Å². The van der Waals surface area contributed by atoms with Crippen molar-refractivity contribution in [2.75, 3.05) is 6.54 Å². The van der Waals surface area contributed by atoms with Crippen molar-refractivity contribution in [1.82, 2.24) is 14.6 Å². The Morgan fingerprint density at radius 3 is 2.56 bits per heavy atom. The Balaban J connectivity index is 1.47. The van der Waals surface area contributed by atoms with Crippen LogP contribution in [0.3, 0.4) is 0 Å². The van der Waals surface area contributed by atoms with Gasteiger partial charge in [-0.1, -0.05) is 11.6 Å². The van der Waals surface area contributed by atoms with E-state index in [4.69, 9.17) is 11.6 Å². The number of thiazole rings is 1. The first kappa shape index (κ1) is 26.9. The van der Waals surface area contributed by atoms with E-state index in [1.807, 2.05) is 0 Å². The predicted octanol–water partition coefficient (Wildman–Crippen LogP) is 5.84. The molecule has 1 saturated heterocycles. The van der Waals surface area contributed by atoms with E-state index in [1.54, 1.807) is 19.2 Å². The molecule has 14 heteroatoms. The van der Waals surface area contributed by atoms with Crippen LogP contribution in [0.1, 0.15) is 37.7 Å². The summed E-state index contributed by atoms with van der Waals surface area (Å²) in [5.74, 6) is -0.777. The van der Waals surface area contributed by atoms with E-state index in [1.165, 1.54) is 52.0 Å². The number of alkyl halides is 3. The Labute approximate surface area is 218 Å². The number of thiophene rings is 1. The van der Waals surface area contributed by atoms with Crippen molar-refractivity contribution >= 4 is 50.2 Å². The second-order valence-corrected chi connectivity index (χ2v) is 13.0. The van der Waals surface area contributed by atoms with Gasteiger partial charge in [0.2, 0.25) is 5.91 Å². The fourth-order valence-corrected chi connectivity index (χ4v) is 8.20. The Hall–Kier alpha value is -2.19. The fraction of sp³-hybridized carbons (Fsp3) is 0.364. The standard InChI is InChI=1S/C22H21ClF3N3O4S3/c1-13(19-28-16(12-34-19)14-4-6-15(7-5-14)33-22(24,25)26)27-20(30)21(2)10-3-11-29(21)36(31,32)18-9-8-17(23)35-18/h4-9,12-13H,3,10-11H2,1-2H3,(H,27,30)/t13-,21-/m0/s1. The highest BCUT2D eigenvalue weighted by atomic mass is 35.5. The predicted molar refractivity (Wildman–Crippen MR) is 132 cm³/mol. The summed E-state index contributed by atoms with van der Waals surface area (Å²) < 4.78 is 69.0. The Kier molecular flexibility index (Phi) is 7.41. The van der Waals surface area contributed by atoms with E-state index < -0.39 is 33.9 Å². The average Bonchev–Trinajstić information content (AvgIpc) is 3.53. The lowest BCUT2D eigenvalue weighted by atomic mass is 9.99. The summed E-state index contributed by atoms with van der Waals surface area (Å²) in [4.78, 5) is 17.8. The molecule has 3 aromatic rings. The van der Waals surface area contributed by atoms with Gasteiger partial charge >= 0.3 is 6.36 Å². The number of amides is 1. The molecule has 36 heavy (non-hydrogen) atoms. The number of nitrogens with zero attached hydrogens (tertiary/aromatic N) is 2. The minimum absolute atomic E-state index is 0.0812. The number of ether oxygens (including phenoxy) is 1. The van der Waals surface area contributed by atoms with E-state index in [0.29, 0.717) is 33.4 Å². The quantitative estimate of drug-likeness (QED) is 0.380. The number of benzene rings is 1. The lowest BCUT2D eigenvalue weighted by Crippen LogP contribution is -2.55. The highest BCUT2D eigenvalue weighted by Crippen LogP contribution is 2.38. The van der Waals surface area contributed by atoms with E-state index >= 15 is 0 Å². The van der Waals surface area contributed by atoms with Crippen LogP contribution < -0.4 is 10.1 Å². The average molecular weight is 580 g/mol.